The fourth-order valence-corrected chi connectivity index (χ4v) is 2.75. The molecule has 0 amide bonds. The molecule has 0 fully saturated rings. The van der Waals surface area contributed by atoms with Crippen LogP contribution in [-0.2, 0) is 9.53 Å². The first-order valence-electron chi connectivity index (χ1n) is 6.17. The first-order chi connectivity index (χ1) is 8.29. The number of ether oxygens (including phenoxy) is 2. The molecule has 0 spiro atoms. The summed E-state index contributed by atoms with van der Waals surface area (Å²) in [6.45, 7) is 9.98. The van der Waals surface area contributed by atoms with E-state index in [0.717, 1.165) is 22.4 Å². The number of hydrogen-bond acceptors (Lipinski definition) is 3. The highest BCUT2D eigenvalue weighted by molar-refractivity contribution is 5.83. The van der Waals surface area contributed by atoms with Crippen LogP contribution in [0.15, 0.2) is 6.07 Å². The van der Waals surface area contributed by atoms with E-state index in [-0.39, 0.29) is 11.9 Å². The molecule has 1 atom stereocenters. The number of methoxy groups -OCH3 is 1. The zero-order valence-corrected chi connectivity index (χ0v) is 11.9. The zero-order valence-electron chi connectivity index (χ0n) is 11.9. The molecular formula is C15H20O3. The summed E-state index contributed by atoms with van der Waals surface area (Å²) in [4.78, 5) is 12.0. The Kier molecular flexibility index (Phi) is 2.88. The minimum Gasteiger partial charge on any atom is -0.486 e. The first-order valence-corrected chi connectivity index (χ1v) is 6.17. The number of benzene rings is 1. The lowest BCUT2D eigenvalue weighted by atomic mass is 9.83. The highest BCUT2D eigenvalue weighted by Crippen LogP contribution is 2.49. The average molecular weight is 248 g/mol. The summed E-state index contributed by atoms with van der Waals surface area (Å²) in [5.74, 6) is 0.273. The van der Waals surface area contributed by atoms with Crippen LogP contribution in [0.1, 0.15) is 42.0 Å². The lowest BCUT2D eigenvalue weighted by molar-refractivity contribution is -0.145. The molecule has 98 valence electrons. The molecule has 2 rings (SSSR count). The van der Waals surface area contributed by atoms with Crippen molar-refractivity contribution < 1.29 is 14.3 Å². The zero-order chi connectivity index (χ0) is 13.7. The Labute approximate surface area is 108 Å². The number of carbonyl (C=O) groups is 1. The number of carbonyl (C=O) groups excluding carboxylic acids is 1. The van der Waals surface area contributed by atoms with E-state index < -0.39 is 5.60 Å². The summed E-state index contributed by atoms with van der Waals surface area (Å²) in [7, 11) is 1.42. The van der Waals surface area contributed by atoms with Crippen molar-refractivity contribution in [3.63, 3.8) is 0 Å². The molecule has 18 heavy (non-hydrogen) atoms. The molecule has 1 aliphatic rings. The van der Waals surface area contributed by atoms with E-state index >= 15 is 0 Å². The van der Waals surface area contributed by atoms with Crippen molar-refractivity contribution in [2.45, 2.75) is 46.1 Å². The highest BCUT2D eigenvalue weighted by Gasteiger charge is 2.48. The Morgan fingerprint density at radius 2 is 1.89 bits per heavy atom. The van der Waals surface area contributed by atoms with E-state index in [1.54, 1.807) is 0 Å². The van der Waals surface area contributed by atoms with Gasteiger partial charge in [-0.25, -0.2) is 0 Å². The Balaban J connectivity index is 2.68. The quantitative estimate of drug-likeness (QED) is 0.717. The molecule has 1 aromatic rings. The summed E-state index contributed by atoms with van der Waals surface area (Å²) >= 11 is 0. The molecular weight excluding hydrogens is 228 g/mol. The molecule has 1 aromatic carbocycles. The maximum absolute atomic E-state index is 12.0. The molecule has 0 aliphatic carbocycles. The van der Waals surface area contributed by atoms with E-state index in [1.807, 2.05) is 27.7 Å². The summed E-state index contributed by atoms with van der Waals surface area (Å²) in [5, 5.41) is 0. The fraction of sp³-hybridized carbons (Fsp3) is 0.533. The maximum Gasteiger partial charge on any atom is 0.317 e. The van der Waals surface area contributed by atoms with E-state index in [1.165, 1.54) is 12.7 Å². The van der Waals surface area contributed by atoms with Gasteiger partial charge in [-0.3, -0.25) is 4.79 Å². The van der Waals surface area contributed by atoms with Gasteiger partial charge in [-0.1, -0.05) is 6.07 Å². The van der Waals surface area contributed by atoms with Gasteiger partial charge in [0.2, 0.25) is 0 Å². The van der Waals surface area contributed by atoms with Crippen LogP contribution in [0.25, 0.3) is 0 Å². The van der Waals surface area contributed by atoms with Crippen molar-refractivity contribution in [3.05, 3.63) is 28.3 Å². The number of hydrogen-bond donors (Lipinski definition) is 0. The lowest BCUT2D eigenvalue weighted by Crippen LogP contribution is -2.35. The standard InChI is InChI=1S/C15H20O3/c1-8-7-9(2)11-12(14(16)17-6)15(4,5)18-13(11)10(8)3/h7,12H,1-6H3. The molecule has 0 bridgehead atoms. The predicted octanol–water partition coefficient (Wildman–Crippen LogP) is 3.04. The van der Waals surface area contributed by atoms with Crippen molar-refractivity contribution in [3.8, 4) is 5.75 Å². The van der Waals surface area contributed by atoms with Crippen molar-refractivity contribution in [1.82, 2.24) is 0 Å². The molecule has 0 saturated heterocycles. The van der Waals surface area contributed by atoms with Gasteiger partial charge in [0.05, 0.1) is 7.11 Å². The molecule has 1 heterocycles. The van der Waals surface area contributed by atoms with Crippen LogP contribution >= 0.6 is 0 Å². The first kappa shape index (κ1) is 12.9. The lowest BCUT2D eigenvalue weighted by Gasteiger charge is -2.24. The normalized spacial score (nSPS) is 20.2. The Bertz CT molecular complexity index is 515. The third kappa shape index (κ3) is 1.69. The van der Waals surface area contributed by atoms with Gasteiger partial charge in [0.15, 0.2) is 0 Å². The van der Waals surface area contributed by atoms with Crippen molar-refractivity contribution in [2.24, 2.45) is 0 Å². The van der Waals surface area contributed by atoms with Gasteiger partial charge in [-0.15, -0.1) is 0 Å². The number of esters is 1. The molecule has 1 aliphatic heterocycles. The highest BCUT2D eigenvalue weighted by atomic mass is 16.5. The Morgan fingerprint density at radius 3 is 2.44 bits per heavy atom. The second kappa shape index (κ2) is 4.01. The van der Waals surface area contributed by atoms with Gasteiger partial charge < -0.3 is 9.47 Å². The molecule has 3 nitrogen and oxygen atoms in total. The minimum atomic E-state index is -0.557. The van der Waals surface area contributed by atoms with Crippen LogP contribution in [0, 0.1) is 20.8 Å². The maximum atomic E-state index is 12.0. The van der Waals surface area contributed by atoms with Crippen molar-refractivity contribution in [2.75, 3.05) is 7.11 Å². The van der Waals surface area contributed by atoms with Crippen molar-refractivity contribution >= 4 is 5.97 Å². The second-order valence-electron chi connectivity index (χ2n) is 5.54. The Hall–Kier alpha value is -1.51. The van der Waals surface area contributed by atoms with Gasteiger partial charge in [0.25, 0.3) is 0 Å². The molecule has 0 aromatic heterocycles. The monoisotopic (exact) mass is 248 g/mol. The third-order valence-corrected chi connectivity index (χ3v) is 3.82. The molecule has 3 heteroatoms. The van der Waals surface area contributed by atoms with Gasteiger partial charge in [-0.05, 0) is 51.3 Å². The van der Waals surface area contributed by atoms with Gasteiger partial charge in [0, 0.05) is 5.56 Å². The largest absolute Gasteiger partial charge is 0.486 e. The van der Waals surface area contributed by atoms with Crippen LogP contribution in [0.5, 0.6) is 5.75 Å². The van der Waals surface area contributed by atoms with Gasteiger partial charge in [-0.2, -0.15) is 0 Å². The van der Waals surface area contributed by atoms with Crippen molar-refractivity contribution in [1.29, 1.82) is 0 Å². The predicted molar refractivity (Wildman–Crippen MR) is 70.1 cm³/mol. The van der Waals surface area contributed by atoms with E-state index in [0.29, 0.717) is 0 Å². The Morgan fingerprint density at radius 1 is 1.28 bits per heavy atom. The minimum absolute atomic E-state index is 0.231. The fourth-order valence-electron chi connectivity index (χ4n) is 2.75. The SMILES string of the molecule is COC(=O)C1c2c(C)cc(C)c(C)c2OC1(C)C. The van der Waals surface area contributed by atoms with Crippen LogP contribution in [0.3, 0.4) is 0 Å². The molecule has 0 N–H and O–H groups in total. The summed E-state index contributed by atoms with van der Waals surface area (Å²) in [6.07, 6.45) is 0. The van der Waals surface area contributed by atoms with Crippen LogP contribution in [-0.4, -0.2) is 18.7 Å². The van der Waals surface area contributed by atoms with Gasteiger partial charge in [0.1, 0.15) is 17.3 Å². The van der Waals surface area contributed by atoms with Crippen LogP contribution < -0.4 is 4.74 Å². The molecule has 1 unspecified atom stereocenters. The third-order valence-electron chi connectivity index (χ3n) is 3.82. The van der Waals surface area contributed by atoms with Crippen LogP contribution in [0.4, 0.5) is 0 Å². The van der Waals surface area contributed by atoms with E-state index in [2.05, 4.69) is 13.0 Å². The number of fused-ring (bicyclic) bond motifs is 1. The number of aryl methyl sites for hydroxylation is 2. The molecule has 0 saturated carbocycles. The average Bonchev–Trinajstić information content (AvgIpc) is 2.57. The second-order valence-corrected chi connectivity index (χ2v) is 5.54. The van der Waals surface area contributed by atoms with E-state index in [9.17, 15) is 4.79 Å². The van der Waals surface area contributed by atoms with Crippen LogP contribution in [0.2, 0.25) is 0 Å². The number of rotatable bonds is 1. The van der Waals surface area contributed by atoms with Gasteiger partial charge >= 0.3 is 5.97 Å². The summed E-state index contributed by atoms with van der Waals surface area (Å²) in [5.41, 5.74) is 3.81. The van der Waals surface area contributed by atoms with E-state index in [4.69, 9.17) is 9.47 Å². The smallest absolute Gasteiger partial charge is 0.317 e. The molecule has 0 radical (unpaired) electrons. The summed E-state index contributed by atoms with van der Waals surface area (Å²) < 4.78 is 11.0. The summed E-state index contributed by atoms with van der Waals surface area (Å²) in [6, 6.07) is 2.11. The topological polar surface area (TPSA) is 35.5 Å².